The van der Waals surface area contributed by atoms with E-state index in [1.54, 1.807) is 30.3 Å². The highest BCUT2D eigenvalue weighted by Gasteiger charge is 2.35. The number of nitrogens with one attached hydrogen (secondary N) is 1. The molecule has 0 spiro atoms. The topological polar surface area (TPSA) is 65.4 Å². The van der Waals surface area contributed by atoms with Crippen LogP contribution in [0.25, 0.3) is 5.69 Å². The number of fused-ring (bicyclic) bond motifs is 1. The number of halogens is 3. The van der Waals surface area contributed by atoms with E-state index in [9.17, 15) is 18.0 Å². The van der Waals surface area contributed by atoms with Crippen LogP contribution in [0, 0.1) is 0 Å². The van der Waals surface area contributed by atoms with Gasteiger partial charge in [-0.2, -0.15) is 13.2 Å². The molecule has 1 amide bonds. The third-order valence-corrected chi connectivity index (χ3v) is 5.09. The van der Waals surface area contributed by atoms with E-state index in [2.05, 4.69) is 10.4 Å². The van der Waals surface area contributed by atoms with Gasteiger partial charge < -0.3 is 14.8 Å². The summed E-state index contributed by atoms with van der Waals surface area (Å²) in [6, 6.07) is 12.3. The number of hydrogen-bond donors (Lipinski definition) is 1. The molecule has 31 heavy (non-hydrogen) atoms. The maximum atomic E-state index is 13.2. The summed E-state index contributed by atoms with van der Waals surface area (Å²) in [5.41, 5.74) is 1.46. The smallest absolute Gasteiger partial charge is 0.419 e. The number of carbonyl (C=O) groups is 1. The Balaban J connectivity index is 1.76. The summed E-state index contributed by atoms with van der Waals surface area (Å²) < 4.78 is 51.9. The Kier molecular flexibility index (Phi) is 5.45. The largest absolute Gasteiger partial charge is 0.496 e. The molecular formula is C22H20F3N3O3. The van der Waals surface area contributed by atoms with E-state index >= 15 is 0 Å². The van der Waals surface area contributed by atoms with Gasteiger partial charge in [0.1, 0.15) is 5.75 Å². The maximum Gasteiger partial charge on any atom is 0.419 e. The average molecular weight is 431 g/mol. The SMILES string of the molecule is COc1cc(-n2nc(NC(=O)c3ccccc3)c3c2C[C@H](C)OC3)ccc1C(F)(F)F. The van der Waals surface area contributed by atoms with E-state index in [1.165, 1.54) is 23.9 Å². The lowest BCUT2D eigenvalue weighted by atomic mass is 10.1. The van der Waals surface area contributed by atoms with Crippen LogP contribution in [0.2, 0.25) is 0 Å². The van der Waals surface area contributed by atoms with Crippen LogP contribution in [0.1, 0.15) is 34.1 Å². The van der Waals surface area contributed by atoms with Crippen LogP contribution in [-0.2, 0) is 23.9 Å². The van der Waals surface area contributed by atoms with Crippen LogP contribution in [0.15, 0.2) is 48.5 Å². The number of hydrogen-bond acceptors (Lipinski definition) is 4. The third-order valence-electron chi connectivity index (χ3n) is 5.09. The molecule has 1 N–H and O–H groups in total. The lowest BCUT2D eigenvalue weighted by Gasteiger charge is -2.21. The Bertz CT molecular complexity index is 1110. The van der Waals surface area contributed by atoms with Crippen LogP contribution >= 0.6 is 0 Å². The van der Waals surface area contributed by atoms with E-state index in [4.69, 9.17) is 9.47 Å². The van der Waals surface area contributed by atoms with Gasteiger partial charge in [0.05, 0.1) is 36.8 Å². The van der Waals surface area contributed by atoms with E-state index < -0.39 is 11.7 Å². The summed E-state index contributed by atoms with van der Waals surface area (Å²) in [7, 11) is 1.19. The Morgan fingerprint density at radius 1 is 1.23 bits per heavy atom. The minimum absolute atomic E-state index is 0.100. The van der Waals surface area contributed by atoms with Crippen LogP contribution in [0.5, 0.6) is 5.75 Å². The number of aromatic nitrogens is 2. The Labute approximate surface area is 176 Å². The molecule has 0 fully saturated rings. The molecule has 0 saturated carbocycles. The second-order valence-corrected chi connectivity index (χ2v) is 7.21. The number of carbonyl (C=O) groups excluding carboxylic acids is 1. The quantitative estimate of drug-likeness (QED) is 0.655. The number of methoxy groups -OCH3 is 1. The Morgan fingerprint density at radius 2 is 1.97 bits per heavy atom. The van der Waals surface area contributed by atoms with Gasteiger partial charge in [0.15, 0.2) is 5.82 Å². The fourth-order valence-corrected chi connectivity index (χ4v) is 3.53. The number of nitrogens with zero attached hydrogens (tertiary/aromatic N) is 2. The van der Waals surface area contributed by atoms with Gasteiger partial charge in [0.25, 0.3) is 5.91 Å². The summed E-state index contributed by atoms with van der Waals surface area (Å²) in [6.07, 6.45) is -4.14. The van der Waals surface area contributed by atoms with Gasteiger partial charge in [-0.1, -0.05) is 18.2 Å². The van der Waals surface area contributed by atoms with Gasteiger partial charge >= 0.3 is 6.18 Å². The highest BCUT2D eigenvalue weighted by molar-refractivity contribution is 6.04. The zero-order chi connectivity index (χ0) is 22.2. The molecule has 0 saturated heterocycles. The van der Waals surface area contributed by atoms with Crippen LogP contribution < -0.4 is 10.1 Å². The van der Waals surface area contributed by atoms with Gasteiger partial charge in [-0.15, -0.1) is 5.10 Å². The van der Waals surface area contributed by atoms with E-state index in [1.807, 2.05) is 6.92 Å². The summed E-state index contributed by atoms with van der Waals surface area (Å²) in [5, 5.41) is 7.29. The van der Waals surface area contributed by atoms with Crippen LogP contribution in [0.3, 0.4) is 0 Å². The molecule has 3 aromatic rings. The molecule has 0 aliphatic carbocycles. The monoisotopic (exact) mass is 431 g/mol. The van der Waals surface area contributed by atoms with E-state index in [-0.39, 0.29) is 24.4 Å². The minimum Gasteiger partial charge on any atom is -0.496 e. The number of anilines is 1. The normalized spacial score (nSPS) is 16.0. The van der Waals surface area contributed by atoms with Crippen molar-refractivity contribution in [1.82, 2.24) is 9.78 Å². The summed E-state index contributed by atoms with van der Waals surface area (Å²) >= 11 is 0. The lowest BCUT2D eigenvalue weighted by Crippen LogP contribution is -2.21. The number of rotatable bonds is 4. The van der Waals surface area contributed by atoms with Crippen molar-refractivity contribution in [2.24, 2.45) is 0 Å². The first-order valence-electron chi connectivity index (χ1n) is 9.62. The first-order chi connectivity index (χ1) is 14.8. The van der Waals surface area contributed by atoms with E-state index in [0.717, 1.165) is 11.8 Å². The third kappa shape index (κ3) is 4.13. The molecule has 0 bridgehead atoms. The van der Waals surface area contributed by atoms with Crippen LogP contribution in [-0.4, -0.2) is 28.9 Å². The van der Waals surface area contributed by atoms with Crippen molar-refractivity contribution in [1.29, 1.82) is 0 Å². The van der Waals surface area contributed by atoms with Crippen molar-refractivity contribution in [2.45, 2.75) is 32.2 Å². The van der Waals surface area contributed by atoms with Crippen molar-refractivity contribution in [3.05, 3.63) is 70.9 Å². The molecule has 2 aromatic carbocycles. The van der Waals surface area contributed by atoms with Gasteiger partial charge in [0, 0.05) is 23.6 Å². The molecule has 6 nitrogen and oxygen atoms in total. The molecule has 1 aliphatic rings. The second-order valence-electron chi connectivity index (χ2n) is 7.21. The van der Waals surface area contributed by atoms with E-state index in [0.29, 0.717) is 29.1 Å². The fraction of sp³-hybridized carbons (Fsp3) is 0.273. The van der Waals surface area contributed by atoms with Crippen molar-refractivity contribution < 1.29 is 27.4 Å². The standard InChI is InChI=1S/C22H20F3N3O3/c1-13-10-18-16(12-31-13)20(26-21(29)14-6-4-3-5-7-14)27-28(18)15-8-9-17(22(23,24)25)19(11-15)30-2/h3-9,11,13H,10,12H2,1-2H3,(H,26,27,29)/t13-/m0/s1. The van der Waals surface area contributed by atoms with Crippen molar-refractivity contribution >= 4 is 11.7 Å². The molecule has 1 atom stereocenters. The van der Waals surface area contributed by atoms with Gasteiger partial charge in [-0.3, -0.25) is 4.79 Å². The molecule has 1 aliphatic heterocycles. The number of alkyl halides is 3. The van der Waals surface area contributed by atoms with Gasteiger partial charge in [-0.25, -0.2) is 4.68 Å². The second kappa shape index (κ2) is 8.07. The van der Waals surface area contributed by atoms with Crippen LogP contribution in [0.4, 0.5) is 19.0 Å². The minimum atomic E-state index is -4.54. The highest BCUT2D eigenvalue weighted by Crippen LogP contribution is 2.38. The fourth-order valence-electron chi connectivity index (χ4n) is 3.53. The van der Waals surface area contributed by atoms with Crippen molar-refractivity contribution in [3.8, 4) is 11.4 Å². The highest BCUT2D eigenvalue weighted by atomic mass is 19.4. The van der Waals surface area contributed by atoms with Gasteiger partial charge in [0.2, 0.25) is 0 Å². The van der Waals surface area contributed by atoms with Crippen molar-refractivity contribution in [3.63, 3.8) is 0 Å². The number of ether oxygens (including phenoxy) is 2. The average Bonchev–Trinajstić information content (AvgIpc) is 3.10. The molecular weight excluding hydrogens is 411 g/mol. The number of amides is 1. The molecule has 0 unspecified atom stereocenters. The van der Waals surface area contributed by atoms with Crippen molar-refractivity contribution in [2.75, 3.05) is 12.4 Å². The molecule has 9 heteroatoms. The predicted octanol–water partition coefficient (Wildman–Crippen LogP) is 4.61. The molecule has 162 valence electrons. The predicted molar refractivity (Wildman–Crippen MR) is 107 cm³/mol. The zero-order valence-electron chi connectivity index (χ0n) is 16.9. The Hall–Kier alpha value is -3.33. The first kappa shape index (κ1) is 20.9. The summed E-state index contributed by atoms with van der Waals surface area (Å²) in [4.78, 5) is 12.6. The molecule has 4 rings (SSSR count). The summed E-state index contributed by atoms with van der Waals surface area (Å²) in [5.74, 6) is -0.324. The van der Waals surface area contributed by atoms with Gasteiger partial charge in [-0.05, 0) is 31.2 Å². The first-order valence-corrected chi connectivity index (χ1v) is 9.62. The molecule has 2 heterocycles. The number of benzene rings is 2. The summed E-state index contributed by atoms with van der Waals surface area (Å²) in [6.45, 7) is 2.13. The Morgan fingerprint density at radius 3 is 2.65 bits per heavy atom. The molecule has 0 radical (unpaired) electrons. The zero-order valence-corrected chi connectivity index (χ0v) is 16.9. The lowest BCUT2D eigenvalue weighted by molar-refractivity contribution is -0.138. The maximum absolute atomic E-state index is 13.2. The molecule has 1 aromatic heterocycles.